The third kappa shape index (κ3) is 3.24. The monoisotopic (exact) mass is 257 g/mol. The van der Waals surface area contributed by atoms with Gasteiger partial charge in [0.15, 0.2) is 0 Å². The Morgan fingerprint density at radius 2 is 1.95 bits per heavy atom. The minimum atomic E-state index is 0.304. The average molecular weight is 257 g/mol. The van der Waals surface area contributed by atoms with Gasteiger partial charge in [0.2, 0.25) is 0 Å². The molecule has 2 unspecified atom stereocenters. The Bertz CT molecular complexity index is 516. The fourth-order valence-corrected chi connectivity index (χ4v) is 2.57. The summed E-state index contributed by atoms with van der Waals surface area (Å²) in [6, 6.07) is 11.3. The molecular weight excluding hydrogens is 234 g/mol. The van der Waals surface area contributed by atoms with Gasteiger partial charge in [0.25, 0.3) is 0 Å². The molecule has 0 aliphatic rings. The van der Waals surface area contributed by atoms with Crippen molar-refractivity contribution >= 4 is 0 Å². The van der Waals surface area contributed by atoms with Crippen LogP contribution in [0.15, 0.2) is 36.5 Å². The predicted molar refractivity (Wildman–Crippen MR) is 79.0 cm³/mol. The highest BCUT2D eigenvalue weighted by atomic mass is 15.3. The highest BCUT2D eigenvalue weighted by Gasteiger charge is 2.16. The molecule has 1 N–H and O–H groups in total. The lowest BCUT2D eigenvalue weighted by Crippen LogP contribution is -2.24. The van der Waals surface area contributed by atoms with Crippen LogP contribution in [-0.4, -0.2) is 9.78 Å². The van der Waals surface area contributed by atoms with E-state index >= 15 is 0 Å². The van der Waals surface area contributed by atoms with E-state index in [0.29, 0.717) is 12.1 Å². The van der Waals surface area contributed by atoms with E-state index in [2.05, 4.69) is 67.7 Å². The van der Waals surface area contributed by atoms with Crippen molar-refractivity contribution in [2.45, 2.75) is 39.3 Å². The van der Waals surface area contributed by atoms with Gasteiger partial charge in [-0.1, -0.05) is 37.3 Å². The smallest absolute Gasteiger partial charge is 0.0641 e. The van der Waals surface area contributed by atoms with Gasteiger partial charge in [0.1, 0.15) is 0 Å². The molecule has 0 saturated carbocycles. The van der Waals surface area contributed by atoms with Gasteiger partial charge in [-0.2, -0.15) is 5.10 Å². The van der Waals surface area contributed by atoms with Crippen LogP contribution < -0.4 is 5.32 Å². The molecule has 0 saturated heterocycles. The fraction of sp³-hybridized carbons (Fsp3) is 0.438. The molecular formula is C16H23N3. The quantitative estimate of drug-likeness (QED) is 0.888. The minimum absolute atomic E-state index is 0.304. The predicted octanol–water partition coefficient (Wildman–Crippen LogP) is 3.53. The first-order valence-corrected chi connectivity index (χ1v) is 6.93. The average Bonchev–Trinajstić information content (AvgIpc) is 2.76. The Kier molecular flexibility index (Phi) is 4.38. The minimum Gasteiger partial charge on any atom is -0.303 e. The van der Waals surface area contributed by atoms with Gasteiger partial charge < -0.3 is 5.32 Å². The van der Waals surface area contributed by atoms with E-state index < -0.39 is 0 Å². The molecule has 0 bridgehead atoms. The number of rotatable bonds is 5. The summed E-state index contributed by atoms with van der Waals surface area (Å²) >= 11 is 0. The van der Waals surface area contributed by atoms with Crippen molar-refractivity contribution in [2.75, 3.05) is 0 Å². The summed E-state index contributed by atoms with van der Waals surface area (Å²) in [6.45, 7) is 6.49. The molecule has 0 spiro atoms. The molecule has 3 heteroatoms. The Balaban J connectivity index is 2.13. The molecule has 0 radical (unpaired) electrons. The topological polar surface area (TPSA) is 29.9 Å². The van der Waals surface area contributed by atoms with Gasteiger partial charge in [-0.05, 0) is 25.8 Å². The first-order chi connectivity index (χ1) is 9.11. The number of nitrogens with zero attached hydrogens (tertiary/aromatic N) is 2. The molecule has 3 nitrogen and oxygen atoms in total. The van der Waals surface area contributed by atoms with Crippen LogP contribution in [-0.2, 0) is 7.05 Å². The molecule has 1 aromatic carbocycles. The maximum atomic E-state index is 4.41. The van der Waals surface area contributed by atoms with Crippen LogP contribution in [0.2, 0.25) is 0 Å². The van der Waals surface area contributed by atoms with Crippen molar-refractivity contribution in [2.24, 2.45) is 7.05 Å². The number of nitrogens with one attached hydrogen (secondary N) is 1. The Morgan fingerprint density at radius 3 is 2.47 bits per heavy atom. The van der Waals surface area contributed by atoms with Crippen molar-refractivity contribution in [3.05, 3.63) is 53.3 Å². The van der Waals surface area contributed by atoms with E-state index in [1.807, 2.05) is 11.7 Å². The molecule has 0 fully saturated rings. The normalized spacial score (nSPS) is 14.3. The van der Waals surface area contributed by atoms with Crippen LogP contribution in [0, 0.1) is 6.92 Å². The first-order valence-electron chi connectivity index (χ1n) is 6.93. The highest BCUT2D eigenvalue weighted by Crippen LogP contribution is 2.23. The van der Waals surface area contributed by atoms with Crippen molar-refractivity contribution in [1.82, 2.24) is 15.1 Å². The number of benzene rings is 1. The molecule has 2 atom stereocenters. The van der Waals surface area contributed by atoms with Crippen molar-refractivity contribution in [1.29, 1.82) is 0 Å². The van der Waals surface area contributed by atoms with E-state index in [9.17, 15) is 0 Å². The first kappa shape index (κ1) is 13.8. The van der Waals surface area contributed by atoms with Gasteiger partial charge in [0, 0.05) is 30.9 Å². The molecule has 2 rings (SSSR count). The lowest BCUT2D eigenvalue weighted by atomic mass is 10.0. The van der Waals surface area contributed by atoms with Gasteiger partial charge in [-0.3, -0.25) is 4.68 Å². The maximum Gasteiger partial charge on any atom is 0.0641 e. The summed E-state index contributed by atoms with van der Waals surface area (Å²) in [4.78, 5) is 0. The number of hydrogen-bond donors (Lipinski definition) is 1. The Labute approximate surface area is 115 Å². The van der Waals surface area contributed by atoms with Crippen LogP contribution in [0.5, 0.6) is 0 Å². The summed E-state index contributed by atoms with van der Waals surface area (Å²) in [5.74, 6) is 0. The van der Waals surface area contributed by atoms with E-state index in [1.165, 1.54) is 11.1 Å². The van der Waals surface area contributed by atoms with Gasteiger partial charge >= 0.3 is 0 Å². The molecule has 0 aliphatic carbocycles. The van der Waals surface area contributed by atoms with Crippen LogP contribution in [0.1, 0.15) is 49.2 Å². The van der Waals surface area contributed by atoms with Gasteiger partial charge in [0.05, 0.1) is 5.69 Å². The molecule has 19 heavy (non-hydrogen) atoms. The second-order valence-electron chi connectivity index (χ2n) is 5.10. The van der Waals surface area contributed by atoms with Crippen LogP contribution in [0.25, 0.3) is 0 Å². The summed E-state index contributed by atoms with van der Waals surface area (Å²) < 4.78 is 1.88. The lowest BCUT2D eigenvalue weighted by Gasteiger charge is -2.22. The second kappa shape index (κ2) is 6.02. The summed E-state index contributed by atoms with van der Waals surface area (Å²) in [5, 5.41) is 8.11. The summed E-state index contributed by atoms with van der Waals surface area (Å²) in [6.07, 6.45) is 3.18. The highest BCUT2D eigenvalue weighted by molar-refractivity contribution is 5.22. The molecule has 0 amide bonds. The summed E-state index contributed by atoms with van der Waals surface area (Å²) in [5.41, 5.74) is 3.72. The van der Waals surface area contributed by atoms with Crippen LogP contribution >= 0.6 is 0 Å². The fourth-order valence-electron chi connectivity index (χ4n) is 2.57. The lowest BCUT2D eigenvalue weighted by molar-refractivity contribution is 0.455. The van der Waals surface area contributed by atoms with Crippen LogP contribution in [0.4, 0.5) is 0 Å². The Morgan fingerprint density at radius 1 is 1.26 bits per heavy atom. The van der Waals surface area contributed by atoms with Gasteiger partial charge in [-0.25, -0.2) is 0 Å². The second-order valence-corrected chi connectivity index (χ2v) is 5.10. The Hall–Kier alpha value is -1.61. The number of aromatic nitrogens is 2. The summed E-state index contributed by atoms with van der Waals surface area (Å²) in [7, 11) is 1.97. The van der Waals surface area contributed by atoms with Crippen LogP contribution in [0.3, 0.4) is 0 Å². The van der Waals surface area contributed by atoms with E-state index in [4.69, 9.17) is 0 Å². The zero-order valence-electron chi connectivity index (χ0n) is 12.2. The third-order valence-electron chi connectivity index (χ3n) is 3.58. The third-order valence-corrected chi connectivity index (χ3v) is 3.58. The zero-order valence-corrected chi connectivity index (χ0v) is 12.2. The standard InChI is InChI=1S/C16H23N3/c1-5-16(14-9-7-6-8-10-14)17-12(2)15-11-19(4)18-13(15)3/h6-12,16-17H,5H2,1-4H3. The zero-order chi connectivity index (χ0) is 13.8. The molecule has 1 heterocycles. The van der Waals surface area contributed by atoms with Crippen molar-refractivity contribution in [3.8, 4) is 0 Å². The molecule has 2 aromatic rings. The number of hydrogen-bond acceptors (Lipinski definition) is 2. The number of aryl methyl sites for hydroxylation is 2. The maximum absolute atomic E-state index is 4.41. The largest absolute Gasteiger partial charge is 0.303 e. The van der Waals surface area contributed by atoms with Gasteiger partial charge in [-0.15, -0.1) is 0 Å². The SMILES string of the molecule is CCC(NC(C)c1cn(C)nc1C)c1ccccc1. The van der Waals surface area contributed by atoms with Crippen molar-refractivity contribution < 1.29 is 0 Å². The van der Waals surface area contributed by atoms with E-state index in [0.717, 1.165) is 12.1 Å². The molecule has 102 valence electrons. The van der Waals surface area contributed by atoms with E-state index in [-0.39, 0.29) is 0 Å². The molecule has 1 aromatic heterocycles. The van der Waals surface area contributed by atoms with Crippen molar-refractivity contribution in [3.63, 3.8) is 0 Å². The van der Waals surface area contributed by atoms with E-state index in [1.54, 1.807) is 0 Å². The molecule has 0 aliphatic heterocycles.